The first kappa shape index (κ1) is 59.7. The number of aromatic hydroxyl groups is 2. The molecule has 1 fully saturated rings. The van der Waals surface area contributed by atoms with E-state index in [2.05, 4.69) is 20.1 Å². The van der Waals surface area contributed by atoms with Crippen molar-refractivity contribution in [2.24, 2.45) is 23.7 Å². The van der Waals surface area contributed by atoms with Gasteiger partial charge in [0.15, 0.2) is 11.3 Å². The number of esters is 1. The third-order valence-corrected chi connectivity index (χ3v) is 16.8. The average molecular weight is 1170 g/mol. The molecule has 4 aromatic rings. The molecular weight excluding hydrogens is 1100 g/mol. The molecule has 4 bridgehead atoms. The van der Waals surface area contributed by atoms with Gasteiger partial charge in [-0.15, -0.1) is 0 Å². The number of aliphatic hydroxyl groups is 2. The number of nitrogens with zero attached hydrogens (tertiary/aromatic N) is 6. The number of carbonyl (C=O) groups is 3. The molecule has 24 nitrogen and oxygen atoms in total. The van der Waals surface area contributed by atoms with Crippen molar-refractivity contribution >= 4 is 56.7 Å². The molecule has 1 aromatic heterocycles. The second-order valence-corrected chi connectivity index (χ2v) is 22.7. The van der Waals surface area contributed by atoms with Crippen LogP contribution in [0.1, 0.15) is 75.5 Å². The van der Waals surface area contributed by atoms with Crippen LogP contribution >= 0.6 is 0 Å². The maximum absolute atomic E-state index is 15.1. The smallest absolute Gasteiger partial charge is 0.414 e. The Hall–Kier alpha value is -8.42. The molecule has 6 heterocycles. The molecule has 6 aliphatic rings. The topological polar surface area (TPSA) is 310 Å². The zero-order chi connectivity index (χ0) is 60.9. The molecule has 0 radical (unpaired) electrons. The lowest BCUT2D eigenvalue weighted by molar-refractivity contribution is -0.389. The summed E-state index contributed by atoms with van der Waals surface area (Å²) < 4.78 is 43.9. The number of carbonyl (C=O) groups excluding carboxylic acids is 3. The summed E-state index contributed by atoms with van der Waals surface area (Å²) in [4.78, 5) is 80.5. The van der Waals surface area contributed by atoms with Crippen molar-refractivity contribution in [3.8, 4) is 34.7 Å². The van der Waals surface area contributed by atoms with Gasteiger partial charge in [0, 0.05) is 117 Å². The van der Waals surface area contributed by atoms with E-state index in [9.17, 15) is 44.9 Å². The summed E-state index contributed by atoms with van der Waals surface area (Å²) in [5, 5.41) is 60.3. The van der Waals surface area contributed by atoms with Crippen molar-refractivity contribution in [2.45, 2.75) is 111 Å². The number of aromatic nitrogens is 3. The van der Waals surface area contributed by atoms with Gasteiger partial charge >= 0.3 is 23.6 Å². The minimum absolute atomic E-state index is 0.00354. The molecule has 5 aliphatic heterocycles. The van der Waals surface area contributed by atoms with Gasteiger partial charge in [-0.05, 0) is 36.0 Å². The number of nitro groups is 1. The Labute approximate surface area is 488 Å². The van der Waals surface area contributed by atoms with E-state index in [0.717, 1.165) is 11.1 Å². The van der Waals surface area contributed by atoms with Crippen LogP contribution in [0.4, 0.5) is 17.2 Å². The second-order valence-electron chi connectivity index (χ2n) is 22.7. The molecular formula is C61H69N7O17. The zero-order valence-corrected chi connectivity index (χ0v) is 48.6. The van der Waals surface area contributed by atoms with Crippen molar-refractivity contribution in [1.29, 1.82) is 0 Å². The number of ether oxygens (including phenoxy) is 6. The Morgan fingerprint density at radius 2 is 1.66 bits per heavy atom. The number of phenols is 2. The van der Waals surface area contributed by atoms with Gasteiger partial charge in [0.25, 0.3) is 11.7 Å². The summed E-state index contributed by atoms with van der Waals surface area (Å²) in [7, 11) is 1.43. The lowest BCUT2D eigenvalue weighted by atomic mass is 9.78. The number of benzene rings is 4. The summed E-state index contributed by atoms with van der Waals surface area (Å²) in [6.45, 7) is 16.5. The first-order valence-corrected chi connectivity index (χ1v) is 28.1. The quantitative estimate of drug-likeness (QED) is 0.0318. The molecule has 1 aliphatic carbocycles. The van der Waals surface area contributed by atoms with Crippen molar-refractivity contribution in [3.63, 3.8) is 0 Å². The van der Waals surface area contributed by atoms with Crippen LogP contribution in [0.2, 0.25) is 0 Å². The Bertz CT molecular complexity index is 3720. The number of piperazine rings is 1. The molecule has 10 atom stereocenters. The Balaban J connectivity index is 0.955. The van der Waals surface area contributed by atoms with Gasteiger partial charge in [-0.25, -0.2) is 4.98 Å². The van der Waals surface area contributed by atoms with Gasteiger partial charge in [0.05, 0.1) is 48.7 Å². The highest BCUT2D eigenvalue weighted by atomic mass is 16.7. The molecule has 5 N–H and O–H groups in total. The number of allylic oxidation sites excluding steroid dienone is 2. The van der Waals surface area contributed by atoms with Crippen LogP contribution in [0.5, 0.6) is 23.3 Å². The monoisotopic (exact) mass is 1170 g/mol. The van der Waals surface area contributed by atoms with Gasteiger partial charge in [0.2, 0.25) is 5.43 Å². The number of hydrogen-bond acceptors (Lipinski definition) is 21. The van der Waals surface area contributed by atoms with Crippen LogP contribution in [0.3, 0.4) is 0 Å². The third kappa shape index (κ3) is 11.6. The first-order valence-electron chi connectivity index (χ1n) is 28.1. The number of anilines is 2. The third-order valence-electron chi connectivity index (χ3n) is 16.8. The van der Waals surface area contributed by atoms with E-state index in [-0.39, 0.29) is 86.1 Å². The van der Waals surface area contributed by atoms with Gasteiger partial charge in [-0.3, -0.25) is 28.6 Å². The van der Waals surface area contributed by atoms with E-state index in [1.54, 1.807) is 56.5 Å². The highest BCUT2D eigenvalue weighted by Crippen LogP contribution is 2.51. The van der Waals surface area contributed by atoms with Crippen LogP contribution in [0, 0.1) is 40.7 Å². The van der Waals surface area contributed by atoms with Crippen LogP contribution in [0.25, 0.3) is 33.3 Å². The fourth-order valence-electron chi connectivity index (χ4n) is 11.7. The number of ketones is 1. The van der Waals surface area contributed by atoms with E-state index >= 15 is 4.79 Å². The minimum atomic E-state index is -2.12. The fourth-order valence-corrected chi connectivity index (χ4v) is 11.7. The Morgan fingerprint density at radius 1 is 0.941 bits per heavy atom. The molecule has 10 rings (SSSR count). The van der Waals surface area contributed by atoms with Crippen LogP contribution in [-0.4, -0.2) is 139 Å². The summed E-state index contributed by atoms with van der Waals surface area (Å²) in [6.07, 6.45) is 4.34. The summed E-state index contributed by atoms with van der Waals surface area (Å²) in [5.41, 5.74) is 1.03. The highest BCUT2D eigenvalue weighted by molar-refractivity contribution is 6.22. The standard InChI is InChI=1S/C61H69N7O17/c1-30-11-10-12-31(2)59(76)64-50-54(74)46-45(47-56(35(6)53(46)73)85-61(8,58(47)75)82-22-17-42(79-9)32(3)55(83-36(7)69)34(5)52(72)33(4)51(30)71)49-57(50)84-43-24-39(23-41(70)48(43)63-49)66-20-18-65(19-21-66)25-37-13-15-38(16-14-37)28-80-40-26-67-27-44(68(77)78)62-60(67)81-29-40/h10-17,22-24,27,30,32-34,40,42,51-52,55,70-73H,18-21,25-26,28-29H2,1-9H3,(H,64,76)/b11-10+,22-17+,31-12-/t30-,32+,33+,34+,40-,42-,51-,52+,55+,61-/m0/s1. The molecule has 0 unspecified atom stereocenters. The molecule has 3 aromatic carbocycles. The number of imidazole rings is 1. The van der Waals surface area contributed by atoms with Crippen molar-refractivity contribution in [2.75, 3.05) is 50.1 Å². The van der Waals surface area contributed by atoms with Crippen LogP contribution in [0.15, 0.2) is 87.9 Å². The maximum Gasteiger partial charge on any atom is 0.414 e. The van der Waals surface area contributed by atoms with Gasteiger partial charge < -0.3 is 73.6 Å². The number of methoxy groups -OCH3 is 1. The highest BCUT2D eigenvalue weighted by Gasteiger charge is 2.50. The largest absolute Gasteiger partial charge is 0.507 e. The molecule has 85 heavy (non-hydrogen) atoms. The van der Waals surface area contributed by atoms with Gasteiger partial charge in [0.1, 0.15) is 59.2 Å². The average Bonchev–Trinajstić information content (AvgIpc) is 1.77. The number of amides is 1. The fraction of sp³-hybridized carbons (Fsp3) is 0.443. The molecule has 1 amide bonds. The van der Waals surface area contributed by atoms with Gasteiger partial charge in [-0.2, -0.15) is 0 Å². The maximum atomic E-state index is 15.1. The lowest BCUT2D eigenvalue weighted by Crippen LogP contribution is -2.46. The van der Waals surface area contributed by atoms with E-state index in [1.165, 1.54) is 59.4 Å². The number of fused-ring (bicyclic) bond motifs is 3. The summed E-state index contributed by atoms with van der Waals surface area (Å²) in [5.74, 6) is -8.46. The number of Topliss-reactive ketones (excluding diaryl/α,β-unsaturated/α-hetero) is 1. The van der Waals surface area contributed by atoms with Crippen molar-refractivity contribution in [1.82, 2.24) is 19.4 Å². The lowest BCUT2D eigenvalue weighted by Gasteiger charge is -2.38. The number of rotatable bonds is 9. The number of nitrogens with one attached hydrogen (secondary N) is 1. The predicted octanol–water partition coefficient (Wildman–Crippen LogP) is 7.06. The number of hydrogen-bond donors (Lipinski definition) is 5. The van der Waals surface area contributed by atoms with Crippen LogP contribution < -0.4 is 25.1 Å². The Kier molecular flexibility index (Phi) is 16.8. The molecule has 0 spiro atoms. The van der Waals surface area contributed by atoms with Gasteiger partial charge in [-0.1, -0.05) is 70.2 Å². The normalized spacial score (nSPS) is 27.4. The van der Waals surface area contributed by atoms with E-state index < -0.39 is 93.3 Å². The molecule has 24 heteroatoms. The van der Waals surface area contributed by atoms with E-state index in [0.29, 0.717) is 51.6 Å². The van der Waals surface area contributed by atoms with Crippen LogP contribution in [-0.2, 0) is 48.2 Å². The van der Waals surface area contributed by atoms with E-state index in [4.69, 9.17) is 37.8 Å². The second kappa shape index (κ2) is 23.9. The van der Waals surface area contributed by atoms with Crippen molar-refractivity contribution < 1.29 is 72.6 Å². The zero-order valence-electron chi connectivity index (χ0n) is 48.6. The van der Waals surface area contributed by atoms with Crippen molar-refractivity contribution in [3.05, 3.63) is 121 Å². The summed E-state index contributed by atoms with van der Waals surface area (Å²) in [6, 6.07) is 11.5. The Morgan fingerprint density at radius 3 is 2.35 bits per heavy atom. The predicted molar refractivity (Wildman–Crippen MR) is 309 cm³/mol. The first-order chi connectivity index (χ1) is 40.5. The molecule has 450 valence electrons. The SMILES string of the molecule is CO[C@H]1/C=C/O[C@@]2(C)Oc3c(C)c(O)c4c(=O)c(c5oc6cc(N7CCN(Cc8ccc(CO[C@@H]9COc%10nc([N+](=O)[O-])cn%10C9)cc8)CC7)cc(O)c6nc-5c4c3C2=O)NC(=O)/C(C)=C\C=C\[C@H](C)[C@H](O)[C@@H](C)[C@@H](O)[C@@H](C)[C@H](OC(C)=O)[C@@H]1C. The molecule has 0 saturated carbocycles. The number of phenolic OH excluding ortho intramolecular Hbond substituents is 2. The number of aliphatic hydroxyl groups excluding tert-OH is 2. The molecule has 1 saturated heterocycles. The summed E-state index contributed by atoms with van der Waals surface area (Å²) >= 11 is 0. The van der Waals surface area contributed by atoms with E-state index in [1.807, 2.05) is 24.3 Å². The minimum Gasteiger partial charge on any atom is -0.507 e.